The van der Waals surface area contributed by atoms with E-state index < -0.39 is 0 Å². The van der Waals surface area contributed by atoms with Gasteiger partial charge in [0.2, 0.25) is 0 Å². The molecule has 2 aromatic heterocycles. The molecule has 29 heavy (non-hydrogen) atoms. The molecule has 0 aliphatic carbocycles. The standard InChI is InChI=1S/C21H20Cl2N4O2/c1-12-8-19(29-26-12)17-10-24-13(2)25-20(17)14-4-3-7-27(11-14)21(28)16-6-5-15(22)9-18(16)23/h5-6,8-10,14H,3-4,7,11H2,1-2H3. The Hall–Kier alpha value is -2.44. The molecular formula is C21H20Cl2N4O2. The number of carbonyl (C=O) groups is 1. The zero-order chi connectivity index (χ0) is 20.5. The number of amides is 1. The summed E-state index contributed by atoms with van der Waals surface area (Å²) >= 11 is 12.2. The van der Waals surface area contributed by atoms with Crippen molar-refractivity contribution in [3.8, 4) is 11.3 Å². The van der Waals surface area contributed by atoms with Crippen molar-refractivity contribution in [2.24, 2.45) is 0 Å². The van der Waals surface area contributed by atoms with E-state index in [1.807, 2.05) is 24.8 Å². The molecule has 1 fully saturated rings. The van der Waals surface area contributed by atoms with Gasteiger partial charge in [0.25, 0.3) is 5.91 Å². The average molecular weight is 431 g/mol. The van der Waals surface area contributed by atoms with Gasteiger partial charge in [0.15, 0.2) is 5.76 Å². The molecule has 3 aromatic rings. The van der Waals surface area contributed by atoms with Crippen LogP contribution >= 0.6 is 23.2 Å². The van der Waals surface area contributed by atoms with Gasteiger partial charge in [0.1, 0.15) is 5.82 Å². The maximum Gasteiger partial charge on any atom is 0.255 e. The second-order valence-electron chi connectivity index (χ2n) is 7.26. The van der Waals surface area contributed by atoms with Crippen molar-refractivity contribution in [3.05, 3.63) is 63.3 Å². The zero-order valence-corrected chi connectivity index (χ0v) is 17.7. The Balaban J connectivity index is 1.63. The van der Waals surface area contributed by atoms with Gasteiger partial charge >= 0.3 is 0 Å². The van der Waals surface area contributed by atoms with Crippen molar-refractivity contribution >= 4 is 29.1 Å². The molecule has 4 rings (SSSR count). The fourth-order valence-corrected chi connectivity index (χ4v) is 4.19. The maximum atomic E-state index is 13.1. The number of hydrogen-bond donors (Lipinski definition) is 0. The highest BCUT2D eigenvalue weighted by atomic mass is 35.5. The highest BCUT2D eigenvalue weighted by Gasteiger charge is 2.30. The molecule has 6 nitrogen and oxygen atoms in total. The third-order valence-electron chi connectivity index (χ3n) is 5.09. The van der Waals surface area contributed by atoms with Crippen LogP contribution in [0.25, 0.3) is 11.3 Å². The smallest absolute Gasteiger partial charge is 0.255 e. The van der Waals surface area contributed by atoms with E-state index in [4.69, 9.17) is 32.7 Å². The normalized spacial score (nSPS) is 16.8. The third kappa shape index (κ3) is 4.14. The molecule has 8 heteroatoms. The summed E-state index contributed by atoms with van der Waals surface area (Å²) in [5, 5.41) is 4.85. The number of piperidine rings is 1. The maximum absolute atomic E-state index is 13.1. The number of benzene rings is 1. The summed E-state index contributed by atoms with van der Waals surface area (Å²) in [5.41, 5.74) is 2.96. The van der Waals surface area contributed by atoms with Crippen molar-refractivity contribution < 1.29 is 9.32 Å². The Morgan fingerprint density at radius 3 is 2.79 bits per heavy atom. The van der Waals surface area contributed by atoms with Gasteiger partial charge < -0.3 is 9.42 Å². The monoisotopic (exact) mass is 430 g/mol. The Morgan fingerprint density at radius 1 is 1.24 bits per heavy atom. The number of rotatable bonds is 3. The number of aryl methyl sites for hydroxylation is 2. The van der Waals surface area contributed by atoms with E-state index in [1.54, 1.807) is 24.4 Å². The summed E-state index contributed by atoms with van der Waals surface area (Å²) in [7, 11) is 0. The molecule has 150 valence electrons. The molecule has 0 spiro atoms. The van der Waals surface area contributed by atoms with Gasteiger partial charge in [-0.3, -0.25) is 4.79 Å². The van der Waals surface area contributed by atoms with Crippen LogP contribution in [0.15, 0.2) is 35.0 Å². The lowest BCUT2D eigenvalue weighted by atomic mass is 9.91. The molecule has 1 aromatic carbocycles. The van der Waals surface area contributed by atoms with Crippen LogP contribution in [-0.4, -0.2) is 39.0 Å². The van der Waals surface area contributed by atoms with Gasteiger partial charge in [-0.05, 0) is 44.9 Å². The summed E-state index contributed by atoms with van der Waals surface area (Å²) < 4.78 is 5.45. The Kier molecular flexibility index (Phi) is 5.56. The van der Waals surface area contributed by atoms with E-state index in [0.717, 1.165) is 29.8 Å². The molecule has 1 atom stereocenters. The first kappa shape index (κ1) is 19.9. The molecule has 1 aliphatic rings. The lowest BCUT2D eigenvalue weighted by molar-refractivity contribution is 0.0706. The van der Waals surface area contributed by atoms with Crippen LogP contribution < -0.4 is 0 Å². The molecule has 1 aliphatic heterocycles. The van der Waals surface area contributed by atoms with Gasteiger partial charge in [-0.2, -0.15) is 0 Å². The summed E-state index contributed by atoms with van der Waals surface area (Å²) in [6, 6.07) is 6.82. The van der Waals surface area contributed by atoms with Gasteiger partial charge in [-0.1, -0.05) is 28.4 Å². The Morgan fingerprint density at radius 2 is 2.07 bits per heavy atom. The van der Waals surface area contributed by atoms with Crippen molar-refractivity contribution in [2.45, 2.75) is 32.6 Å². The molecule has 1 saturated heterocycles. The van der Waals surface area contributed by atoms with Crippen LogP contribution in [0.4, 0.5) is 0 Å². The zero-order valence-electron chi connectivity index (χ0n) is 16.2. The Bertz CT molecular complexity index is 1070. The second-order valence-corrected chi connectivity index (χ2v) is 8.11. The minimum Gasteiger partial charge on any atom is -0.356 e. The van der Waals surface area contributed by atoms with Gasteiger partial charge in [0.05, 0.1) is 27.5 Å². The number of nitrogens with zero attached hydrogens (tertiary/aromatic N) is 4. The van der Waals surface area contributed by atoms with Gasteiger partial charge in [-0.15, -0.1) is 0 Å². The van der Waals surface area contributed by atoms with Crippen LogP contribution in [-0.2, 0) is 0 Å². The first-order chi connectivity index (χ1) is 13.9. The quantitative estimate of drug-likeness (QED) is 0.579. The van der Waals surface area contributed by atoms with E-state index >= 15 is 0 Å². The van der Waals surface area contributed by atoms with Crippen LogP contribution in [0.3, 0.4) is 0 Å². The molecule has 0 N–H and O–H groups in total. The predicted octanol–water partition coefficient (Wildman–Crippen LogP) is 5.08. The van der Waals surface area contributed by atoms with E-state index in [-0.39, 0.29) is 11.8 Å². The highest BCUT2D eigenvalue weighted by molar-refractivity contribution is 6.36. The fourth-order valence-electron chi connectivity index (χ4n) is 3.70. The molecule has 0 saturated carbocycles. The van der Waals surface area contributed by atoms with Crippen molar-refractivity contribution in [3.63, 3.8) is 0 Å². The number of halogens is 2. The fraction of sp³-hybridized carbons (Fsp3) is 0.333. The summed E-state index contributed by atoms with van der Waals surface area (Å²) in [6.07, 6.45) is 3.57. The third-order valence-corrected chi connectivity index (χ3v) is 5.64. The van der Waals surface area contributed by atoms with Gasteiger partial charge in [0, 0.05) is 36.3 Å². The molecule has 0 bridgehead atoms. The molecule has 1 unspecified atom stereocenters. The molecule has 0 radical (unpaired) electrons. The minimum atomic E-state index is -0.0980. The van der Waals surface area contributed by atoms with Crippen LogP contribution in [0.5, 0.6) is 0 Å². The number of likely N-dealkylation sites (tertiary alicyclic amines) is 1. The number of aromatic nitrogens is 3. The number of carbonyl (C=O) groups excluding carboxylic acids is 1. The summed E-state index contributed by atoms with van der Waals surface area (Å²) in [5.74, 6) is 1.30. The lowest BCUT2D eigenvalue weighted by Crippen LogP contribution is -2.39. The van der Waals surface area contributed by atoms with Crippen molar-refractivity contribution in [1.29, 1.82) is 0 Å². The predicted molar refractivity (Wildman–Crippen MR) is 111 cm³/mol. The van der Waals surface area contributed by atoms with Crippen LogP contribution in [0.2, 0.25) is 10.0 Å². The Labute approximate surface area is 178 Å². The first-order valence-corrected chi connectivity index (χ1v) is 10.2. The lowest BCUT2D eigenvalue weighted by Gasteiger charge is -2.33. The number of hydrogen-bond acceptors (Lipinski definition) is 5. The first-order valence-electron chi connectivity index (χ1n) is 9.44. The largest absolute Gasteiger partial charge is 0.356 e. The van der Waals surface area contributed by atoms with Crippen LogP contribution in [0, 0.1) is 13.8 Å². The highest BCUT2D eigenvalue weighted by Crippen LogP contribution is 2.34. The minimum absolute atomic E-state index is 0.0703. The summed E-state index contributed by atoms with van der Waals surface area (Å²) in [4.78, 5) is 23.9. The van der Waals surface area contributed by atoms with E-state index in [2.05, 4.69) is 10.1 Å². The SMILES string of the molecule is Cc1cc(-c2cnc(C)nc2C2CCCN(C(=O)c3ccc(Cl)cc3Cl)C2)on1. The van der Waals surface area contributed by atoms with Crippen molar-refractivity contribution in [2.75, 3.05) is 13.1 Å². The second kappa shape index (κ2) is 8.13. The van der Waals surface area contributed by atoms with Crippen LogP contribution in [0.1, 0.15) is 46.3 Å². The van der Waals surface area contributed by atoms with E-state index in [0.29, 0.717) is 40.3 Å². The summed E-state index contributed by atoms with van der Waals surface area (Å²) in [6.45, 7) is 4.96. The average Bonchev–Trinajstić information content (AvgIpc) is 3.13. The molecule has 3 heterocycles. The van der Waals surface area contributed by atoms with Crippen molar-refractivity contribution in [1.82, 2.24) is 20.0 Å². The van der Waals surface area contributed by atoms with E-state index in [1.165, 1.54) is 0 Å². The van der Waals surface area contributed by atoms with Gasteiger partial charge in [-0.25, -0.2) is 9.97 Å². The van der Waals surface area contributed by atoms with E-state index in [9.17, 15) is 4.79 Å². The molecule has 1 amide bonds. The topological polar surface area (TPSA) is 72.1 Å². The molecular weight excluding hydrogens is 411 g/mol.